The van der Waals surface area contributed by atoms with Gasteiger partial charge in [0.2, 0.25) is 5.91 Å². The maximum atomic E-state index is 11.9. The smallest absolute Gasteiger partial charge is 0.262 e. The van der Waals surface area contributed by atoms with E-state index in [4.69, 9.17) is 23.2 Å². The largest absolute Gasteiger partial charge is 0.333 e. The summed E-state index contributed by atoms with van der Waals surface area (Å²) in [6.07, 6.45) is 5.94. The van der Waals surface area contributed by atoms with Crippen LogP contribution in [0.2, 0.25) is 10.0 Å². The number of nitrogens with one attached hydrogen (secondary N) is 2. The number of carbonyl (C=O) groups is 3. The van der Waals surface area contributed by atoms with E-state index in [0.717, 1.165) is 19.3 Å². The molecule has 0 aromatic heterocycles. The van der Waals surface area contributed by atoms with E-state index in [1.807, 2.05) is 0 Å². The van der Waals surface area contributed by atoms with Gasteiger partial charge in [0.05, 0.1) is 0 Å². The number of carbonyl (C=O) groups excluding carboxylic acids is 3. The minimum absolute atomic E-state index is 0.0312. The fourth-order valence-electron chi connectivity index (χ4n) is 2.39. The van der Waals surface area contributed by atoms with Crippen LogP contribution < -0.4 is 10.9 Å². The van der Waals surface area contributed by atoms with E-state index in [9.17, 15) is 14.4 Å². The predicted molar refractivity (Wildman–Crippen MR) is 96.8 cm³/mol. The van der Waals surface area contributed by atoms with Crippen molar-refractivity contribution in [1.29, 1.82) is 0 Å². The van der Waals surface area contributed by atoms with Crippen molar-refractivity contribution in [3.63, 3.8) is 0 Å². The van der Waals surface area contributed by atoms with Crippen LogP contribution in [-0.2, 0) is 14.4 Å². The number of benzene rings is 1. The summed E-state index contributed by atoms with van der Waals surface area (Å²) in [5.74, 6) is -0.987. The molecule has 6 nitrogen and oxygen atoms in total. The Morgan fingerprint density at radius 1 is 1.16 bits per heavy atom. The first kappa shape index (κ1) is 19.3. The Bertz CT molecular complexity index is 692. The van der Waals surface area contributed by atoms with Gasteiger partial charge in [0, 0.05) is 29.1 Å². The van der Waals surface area contributed by atoms with Crippen molar-refractivity contribution in [2.75, 3.05) is 13.1 Å². The molecular weight excluding hydrogens is 365 g/mol. The third-order valence-corrected chi connectivity index (χ3v) is 4.27. The topological polar surface area (TPSA) is 78.5 Å². The molecule has 8 heteroatoms. The Balaban J connectivity index is 1.79. The third-order valence-electron chi connectivity index (χ3n) is 3.71. The predicted octanol–water partition coefficient (Wildman–Crippen LogP) is 2.56. The molecule has 25 heavy (non-hydrogen) atoms. The Labute approximate surface area is 156 Å². The molecule has 1 aromatic rings. The highest BCUT2D eigenvalue weighted by Crippen LogP contribution is 2.21. The number of halogens is 2. The molecule has 0 aliphatic carbocycles. The lowest BCUT2D eigenvalue weighted by molar-refractivity contribution is -0.136. The summed E-state index contributed by atoms with van der Waals surface area (Å²) in [7, 11) is 0. The second kappa shape index (κ2) is 9.44. The molecule has 0 spiro atoms. The van der Waals surface area contributed by atoms with Crippen LogP contribution in [0.1, 0.15) is 31.2 Å². The zero-order valence-electron chi connectivity index (χ0n) is 13.6. The normalized spacial score (nSPS) is 15.1. The fraction of sp³-hybridized carbons (Fsp3) is 0.353. The Kier molecular flexibility index (Phi) is 7.28. The van der Waals surface area contributed by atoms with Crippen LogP contribution in [0.25, 0.3) is 6.08 Å². The molecule has 1 heterocycles. The van der Waals surface area contributed by atoms with Crippen LogP contribution in [0.3, 0.4) is 0 Å². The highest BCUT2D eigenvalue weighted by Gasteiger charge is 2.19. The van der Waals surface area contributed by atoms with Gasteiger partial charge in [-0.05, 0) is 36.6 Å². The molecule has 1 fully saturated rings. The first-order valence-corrected chi connectivity index (χ1v) is 8.71. The van der Waals surface area contributed by atoms with Gasteiger partial charge < -0.3 is 4.90 Å². The fourth-order valence-corrected chi connectivity index (χ4v) is 2.87. The molecule has 134 valence electrons. The van der Waals surface area contributed by atoms with Gasteiger partial charge in [-0.3, -0.25) is 25.2 Å². The molecule has 1 aliphatic heterocycles. The van der Waals surface area contributed by atoms with Gasteiger partial charge in [-0.2, -0.15) is 0 Å². The number of amides is 3. The van der Waals surface area contributed by atoms with Crippen LogP contribution >= 0.6 is 23.2 Å². The van der Waals surface area contributed by atoms with Gasteiger partial charge in [0.25, 0.3) is 11.8 Å². The first-order chi connectivity index (χ1) is 12.0. The average Bonchev–Trinajstić information content (AvgIpc) is 2.77. The zero-order valence-corrected chi connectivity index (χ0v) is 15.1. The van der Waals surface area contributed by atoms with Gasteiger partial charge in [0.15, 0.2) is 0 Å². The number of hydrogen-bond donors (Lipinski definition) is 2. The molecule has 1 aromatic carbocycles. The van der Waals surface area contributed by atoms with E-state index in [0.29, 0.717) is 28.6 Å². The molecular formula is C17H19Cl2N3O3. The number of hydrazine groups is 1. The highest BCUT2D eigenvalue weighted by atomic mass is 35.5. The van der Waals surface area contributed by atoms with Crippen LogP contribution in [0.4, 0.5) is 0 Å². The maximum Gasteiger partial charge on any atom is 0.262 e. The monoisotopic (exact) mass is 383 g/mol. The van der Waals surface area contributed by atoms with Crippen LogP contribution in [0.5, 0.6) is 0 Å². The van der Waals surface area contributed by atoms with Crippen molar-refractivity contribution >= 4 is 47.0 Å². The lowest BCUT2D eigenvalue weighted by Crippen LogP contribution is -2.47. The van der Waals surface area contributed by atoms with Gasteiger partial charge in [-0.1, -0.05) is 35.7 Å². The van der Waals surface area contributed by atoms with Crippen LogP contribution in [0, 0.1) is 0 Å². The summed E-state index contributed by atoms with van der Waals surface area (Å²) in [6.45, 7) is 0.501. The molecule has 3 amide bonds. The van der Waals surface area contributed by atoms with Gasteiger partial charge >= 0.3 is 0 Å². The zero-order chi connectivity index (χ0) is 18.2. The summed E-state index contributed by atoms with van der Waals surface area (Å²) in [5, 5.41) is 0.919. The number of rotatable bonds is 4. The molecule has 0 atom stereocenters. The summed E-state index contributed by atoms with van der Waals surface area (Å²) < 4.78 is 0. The van der Waals surface area contributed by atoms with Gasteiger partial charge in [-0.15, -0.1) is 0 Å². The molecule has 1 saturated heterocycles. The molecule has 0 saturated carbocycles. The van der Waals surface area contributed by atoms with Crippen molar-refractivity contribution < 1.29 is 14.4 Å². The van der Waals surface area contributed by atoms with E-state index in [1.54, 1.807) is 18.2 Å². The lowest BCUT2D eigenvalue weighted by Gasteiger charge is -2.19. The number of nitrogens with zero attached hydrogens (tertiary/aromatic N) is 1. The van der Waals surface area contributed by atoms with Crippen LogP contribution in [0.15, 0.2) is 24.3 Å². The standard InChI is InChI=1S/C17H19Cl2N3O3/c18-13-7-5-12(14(19)10-13)6-8-15(23)20-21-16(24)11-22-9-3-1-2-4-17(22)25/h5-8,10H,1-4,9,11H2,(H,20,23)(H,21,24)/b8-6+. The average molecular weight is 384 g/mol. The molecule has 2 N–H and O–H groups in total. The van der Waals surface area contributed by atoms with E-state index in [-0.39, 0.29) is 12.5 Å². The summed E-state index contributed by atoms with van der Waals surface area (Å²) >= 11 is 11.8. The first-order valence-electron chi connectivity index (χ1n) is 7.95. The lowest BCUT2D eigenvalue weighted by atomic mass is 10.2. The molecule has 0 radical (unpaired) electrons. The maximum absolute atomic E-state index is 11.9. The highest BCUT2D eigenvalue weighted by molar-refractivity contribution is 6.35. The molecule has 1 aliphatic rings. The minimum Gasteiger partial charge on any atom is -0.333 e. The van der Waals surface area contributed by atoms with Crippen molar-refractivity contribution in [2.45, 2.75) is 25.7 Å². The second-order valence-electron chi connectivity index (χ2n) is 5.66. The SMILES string of the molecule is O=C(/C=C/c1ccc(Cl)cc1Cl)NNC(=O)CN1CCCCCC1=O. The summed E-state index contributed by atoms with van der Waals surface area (Å²) in [5.41, 5.74) is 5.19. The Morgan fingerprint density at radius 2 is 1.96 bits per heavy atom. The number of likely N-dealkylation sites (tertiary alicyclic amines) is 1. The van der Waals surface area contributed by atoms with Crippen LogP contribution in [-0.4, -0.2) is 35.7 Å². The van der Waals surface area contributed by atoms with E-state index in [2.05, 4.69) is 10.9 Å². The molecule has 0 bridgehead atoms. The number of hydrogen-bond acceptors (Lipinski definition) is 3. The quantitative estimate of drug-likeness (QED) is 0.619. The second-order valence-corrected chi connectivity index (χ2v) is 6.51. The van der Waals surface area contributed by atoms with Crippen molar-refractivity contribution in [1.82, 2.24) is 15.8 Å². The molecule has 2 rings (SSSR count). The molecule has 0 unspecified atom stereocenters. The van der Waals surface area contributed by atoms with E-state index < -0.39 is 11.8 Å². The Morgan fingerprint density at radius 3 is 2.72 bits per heavy atom. The minimum atomic E-state index is -0.512. The van der Waals surface area contributed by atoms with Gasteiger partial charge in [-0.25, -0.2) is 0 Å². The van der Waals surface area contributed by atoms with Crippen molar-refractivity contribution in [3.05, 3.63) is 39.9 Å². The van der Waals surface area contributed by atoms with E-state index in [1.165, 1.54) is 17.1 Å². The summed E-state index contributed by atoms with van der Waals surface area (Å²) in [4.78, 5) is 36.9. The van der Waals surface area contributed by atoms with Gasteiger partial charge in [0.1, 0.15) is 6.54 Å². The third kappa shape index (κ3) is 6.40. The van der Waals surface area contributed by atoms with E-state index >= 15 is 0 Å². The van der Waals surface area contributed by atoms with Crippen molar-refractivity contribution in [2.24, 2.45) is 0 Å². The summed E-state index contributed by atoms with van der Waals surface area (Å²) in [6, 6.07) is 4.91. The Hall–Kier alpha value is -2.05. The van der Waals surface area contributed by atoms with Crippen molar-refractivity contribution in [3.8, 4) is 0 Å².